The fourth-order valence-electron chi connectivity index (χ4n) is 1.32. The Hall–Kier alpha value is -1.07. The van der Waals surface area contributed by atoms with Crippen molar-refractivity contribution in [2.75, 3.05) is 0 Å². The summed E-state index contributed by atoms with van der Waals surface area (Å²) >= 11 is 6.62. The average Bonchev–Trinajstić information content (AvgIpc) is 2.70. The third-order valence-electron chi connectivity index (χ3n) is 1.99. The lowest BCUT2D eigenvalue weighted by Gasteiger charge is -2.03. The molecular weight excluding hydrogens is 214 g/mol. The van der Waals surface area contributed by atoms with Crippen LogP contribution in [0.5, 0.6) is 0 Å². The maximum atomic E-state index is 5.17. The van der Waals surface area contributed by atoms with E-state index in [1.807, 2.05) is 6.07 Å². The Balaban J connectivity index is 2.64. The van der Waals surface area contributed by atoms with Gasteiger partial charge >= 0.3 is 0 Å². The highest BCUT2D eigenvalue weighted by Crippen LogP contribution is 2.24. The molecule has 0 saturated heterocycles. The van der Waals surface area contributed by atoms with E-state index in [0.717, 1.165) is 22.6 Å². The van der Waals surface area contributed by atoms with E-state index in [1.54, 1.807) is 12.5 Å². The van der Waals surface area contributed by atoms with E-state index in [-0.39, 0.29) is 0 Å². The molecule has 0 unspecified atom stereocenters. The van der Waals surface area contributed by atoms with Gasteiger partial charge in [-0.1, -0.05) is 19.1 Å². The van der Waals surface area contributed by atoms with E-state index in [4.69, 9.17) is 12.2 Å². The van der Waals surface area contributed by atoms with Crippen molar-refractivity contribution >= 4 is 23.8 Å². The maximum absolute atomic E-state index is 5.17. The van der Waals surface area contributed by atoms with Gasteiger partial charge in [0, 0.05) is 11.8 Å². The topological polar surface area (TPSA) is 41.6 Å². The monoisotopic (exact) mass is 223 g/mol. The summed E-state index contributed by atoms with van der Waals surface area (Å²) in [6.07, 6.45) is 4.31. The second-order valence-electron chi connectivity index (χ2n) is 2.79. The van der Waals surface area contributed by atoms with Crippen LogP contribution < -0.4 is 0 Å². The minimum Gasteiger partial charge on any atom is -0.345 e. The molecule has 0 radical (unpaired) electrons. The van der Waals surface area contributed by atoms with Gasteiger partial charge in [0.25, 0.3) is 0 Å². The van der Waals surface area contributed by atoms with Crippen LogP contribution in [-0.2, 0) is 6.42 Å². The van der Waals surface area contributed by atoms with Crippen LogP contribution in [-0.4, -0.2) is 14.3 Å². The van der Waals surface area contributed by atoms with Gasteiger partial charge in [0.1, 0.15) is 4.64 Å². The third-order valence-corrected chi connectivity index (χ3v) is 3.10. The Kier molecular flexibility index (Phi) is 2.69. The van der Waals surface area contributed by atoms with Crippen LogP contribution in [0.2, 0.25) is 0 Å². The smallest absolute Gasteiger partial charge is 0.133 e. The minimum absolute atomic E-state index is 0.676. The lowest BCUT2D eigenvalue weighted by molar-refractivity contribution is 1.04. The van der Waals surface area contributed by atoms with Crippen LogP contribution in [0.15, 0.2) is 18.6 Å². The molecule has 0 saturated carbocycles. The fraction of sp³-hybridized carbons (Fsp3) is 0.222. The van der Waals surface area contributed by atoms with Crippen molar-refractivity contribution in [2.45, 2.75) is 13.3 Å². The van der Waals surface area contributed by atoms with Crippen molar-refractivity contribution in [3.05, 3.63) is 28.8 Å². The summed E-state index contributed by atoms with van der Waals surface area (Å²) in [4.78, 5) is 8.29. The first-order valence-electron chi connectivity index (χ1n) is 4.30. The Morgan fingerprint density at radius 3 is 3.07 bits per heavy atom. The Morgan fingerprint density at radius 2 is 2.43 bits per heavy atom. The zero-order chi connectivity index (χ0) is 9.97. The Bertz CT molecular complexity index is 473. The van der Waals surface area contributed by atoms with Gasteiger partial charge in [-0.2, -0.15) is 0 Å². The van der Waals surface area contributed by atoms with Crippen LogP contribution >= 0.6 is 23.8 Å². The van der Waals surface area contributed by atoms with Gasteiger partial charge in [0.05, 0.1) is 16.9 Å². The van der Waals surface area contributed by atoms with Crippen molar-refractivity contribution in [3.63, 3.8) is 0 Å². The van der Waals surface area contributed by atoms with E-state index in [1.165, 1.54) is 11.5 Å². The normalized spacial score (nSPS) is 10.4. The second-order valence-corrected chi connectivity index (χ2v) is 4.01. The molecule has 5 heteroatoms. The predicted octanol–water partition coefficient (Wildman–Crippen LogP) is 2.83. The summed E-state index contributed by atoms with van der Waals surface area (Å²) in [5, 5.41) is 0. The van der Waals surface area contributed by atoms with Gasteiger partial charge in [0.15, 0.2) is 0 Å². The summed E-state index contributed by atoms with van der Waals surface area (Å²) in [6, 6.07) is 1.98. The van der Waals surface area contributed by atoms with Gasteiger partial charge in [-0.05, 0) is 24.0 Å². The van der Waals surface area contributed by atoms with Crippen molar-refractivity contribution in [1.82, 2.24) is 14.3 Å². The zero-order valence-electron chi connectivity index (χ0n) is 7.65. The molecule has 0 fully saturated rings. The van der Waals surface area contributed by atoms with Gasteiger partial charge in [0.2, 0.25) is 0 Å². The van der Waals surface area contributed by atoms with Crippen LogP contribution in [0, 0.1) is 4.64 Å². The molecule has 0 amide bonds. The van der Waals surface area contributed by atoms with Gasteiger partial charge in [-0.25, -0.2) is 9.36 Å². The van der Waals surface area contributed by atoms with E-state index in [9.17, 15) is 0 Å². The van der Waals surface area contributed by atoms with Crippen molar-refractivity contribution in [2.24, 2.45) is 0 Å². The summed E-state index contributed by atoms with van der Waals surface area (Å²) in [7, 11) is 0. The maximum Gasteiger partial charge on any atom is 0.133 e. The standard InChI is InChI=1S/C9H9N3S2/c1-2-6-8(7-3-4-12-14-7)10-5-11-9(6)13/h3-5H,2H2,1H3,(H,10,11,13). The third kappa shape index (κ3) is 1.60. The molecule has 72 valence electrons. The largest absolute Gasteiger partial charge is 0.345 e. The zero-order valence-corrected chi connectivity index (χ0v) is 9.28. The van der Waals surface area contributed by atoms with Crippen LogP contribution in [0.25, 0.3) is 10.6 Å². The first kappa shape index (κ1) is 9.48. The number of nitrogens with zero attached hydrogens (tertiary/aromatic N) is 2. The molecule has 2 aromatic heterocycles. The average molecular weight is 223 g/mol. The highest BCUT2D eigenvalue weighted by molar-refractivity contribution is 7.71. The highest BCUT2D eigenvalue weighted by Gasteiger charge is 2.07. The van der Waals surface area contributed by atoms with Gasteiger partial charge in [-0.3, -0.25) is 0 Å². The molecule has 3 nitrogen and oxygen atoms in total. The van der Waals surface area contributed by atoms with Crippen molar-refractivity contribution in [3.8, 4) is 10.6 Å². The highest BCUT2D eigenvalue weighted by atomic mass is 32.1. The molecular formula is C9H9N3S2. The second kappa shape index (κ2) is 3.98. The molecule has 0 spiro atoms. The molecule has 14 heavy (non-hydrogen) atoms. The van der Waals surface area contributed by atoms with E-state index in [0.29, 0.717) is 4.64 Å². The Morgan fingerprint density at radius 1 is 1.57 bits per heavy atom. The number of rotatable bonds is 2. The number of aromatic nitrogens is 3. The summed E-state index contributed by atoms with van der Waals surface area (Å²) < 4.78 is 4.75. The van der Waals surface area contributed by atoms with Gasteiger partial charge < -0.3 is 4.98 Å². The quantitative estimate of drug-likeness (QED) is 0.796. The van der Waals surface area contributed by atoms with E-state index < -0.39 is 0 Å². The lowest BCUT2D eigenvalue weighted by atomic mass is 10.1. The summed E-state index contributed by atoms with van der Waals surface area (Å²) in [5.74, 6) is 0. The molecule has 2 heterocycles. The Labute approximate surface area is 91.0 Å². The number of hydrogen-bond acceptors (Lipinski definition) is 4. The first-order chi connectivity index (χ1) is 6.83. The number of hydrogen-bond donors (Lipinski definition) is 1. The van der Waals surface area contributed by atoms with Crippen molar-refractivity contribution < 1.29 is 0 Å². The van der Waals surface area contributed by atoms with Crippen molar-refractivity contribution in [1.29, 1.82) is 0 Å². The minimum atomic E-state index is 0.676. The molecule has 1 N–H and O–H groups in total. The molecule has 0 bridgehead atoms. The molecule has 2 rings (SSSR count). The number of H-pyrrole nitrogens is 1. The fourth-order valence-corrected chi connectivity index (χ4v) is 2.25. The molecule has 0 aliphatic heterocycles. The number of nitrogens with one attached hydrogen (secondary N) is 1. The van der Waals surface area contributed by atoms with E-state index in [2.05, 4.69) is 21.3 Å². The molecule has 0 atom stereocenters. The predicted molar refractivity (Wildman–Crippen MR) is 59.9 cm³/mol. The summed E-state index contributed by atoms with van der Waals surface area (Å²) in [6.45, 7) is 2.07. The van der Waals surface area contributed by atoms with E-state index >= 15 is 0 Å². The van der Waals surface area contributed by atoms with Crippen LogP contribution in [0.4, 0.5) is 0 Å². The lowest BCUT2D eigenvalue weighted by Crippen LogP contribution is -1.93. The van der Waals surface area contributed by atoms with Crippen LogP contribution in [0.3, 0.4) is 0 Å². The molecule has 0 aliphatic carbocycles. The molecule has 0 aromatic carbocycles. The molecule has 2 aromatic rings. The summed E-state index contributed by atoms with van der Waals surface area (Å²) in [5.41, 5.74) is 2.14. The van der Waals surface area contributed by atoms with Crippen LogP contribution in [0.1, 0.15) is 12.5 Å². The molecule has 0 aliphatic rings. The number of aromatic amines is 1. The van der Waals surface area contributed by atoms with Gasteiger partial charge in [-0.15, -0.1) is 0 Å². The SMILES string of the molecule is CCc1c(-c2ccns2)[nH]cnc1=S. The first-order valence-corrected chi connectivity index (χ1v) is 5.48.